The lowest BCUT2D eigenvalue weighted by Crippen LogP contribution is -1.99. The van der Waals surface area contributed by atoms with Gasteiger partial charge >= 0.3 is 0 Å². The number of hydrogen-bond acceptors (Lipinski definition) is 6. The first-order valence-corrected chi connectivity index (χ1v) is 9.89. The molecule has 1 aromatic rings. The van der Waals surface area contributed by atoms with Gasteiger partial charge in [0.2, 0.25) is 5.90 Å². The molecule has 0 saturated heterocycles. The molecular weight excluding hydrogens is 338 g/mol. The van der Waals surface area contributed by atoms with Crippen LogP contribution >= 0.6 is 47.0 Å². The predicted octanol–water partition coefficient (Wildman–Crippen LogP) is 5.56. The molecule has 1 aromatic carbocycles. The Bertz CT molecular complexity index is 668. The van der Waals surface area contributed by atoms with E-state index in [1.165, 1.54) is 14.0 Å². The third-order valence-electron chi connectivity index (χ3n) is 3.09. The van der Waals surface area contributed by atoms with E-state index in [1.807, 2.05) is 18.2 Å². The number of nitrogens with zero attached hydrogens (tertiary/aromatic N) is 1. The van der Waals surface area contributed by atoms with E-state index in [9.17, 15) is 0 Å². The first kappa shape index (κ1) is 13.9. The molecule has 6 heteroatoms. The minimum absolute atomic E-state index is 0.126. The van der Waals surface area contributed by atoms with E-state index in [2.05, 4.69) is 28.4 Å². The van der Waals surface area contributed by atoms with Crippen LogP contribution in [0.25, 0.3) is 0 Å². The molecule has 0 radical (unpaired) electrons. The Labute approximate surface area is 140 Å². The van der Waals surface area contributed by atoms with Crippen molar-refractivity contribution in [3.63, 3.8) is 0 Å². The highest BCUT2D eigenvalue weighted by Gasteiger charge is 2.28. The molecule has 0 fully saturated rings. The van der Waals surface area contributed by atoms with Gasteiger partial charge in [-0.1, -0.05) is 77.4 Å². The van der Waals surface area contributed by atoms with E-state index in [-0.39, 0.29) is 6.04 Å². The maximum Gasteiger partial charge on any atom is 0.224 e. The number of aliphatic imine (C=N–C) groups is 1. The molecule has 2 nitrogen and oxygen atoms in total. The minimum atomic E-state index is 0.126. The van der Waals surface area contributed by atoms with Gasteiger partial charge in [-0.3, -0.25) is 0 Å². The van der Waals surface area contributed by atoms with Crippen LogP contribution < -0.4 is 0 Å². The van der Waals surface area contributed by atoms with Gasteiger partial charge < -0.3 is 4.74 Å². The van der Waals surface area contributed by atoms with Gasteiger partial charge in [0.25, 0.3) is 0 Å². The van der Waals surface area contributed by atoms with E-state index in [1.54, 1.807) is 47.0 Å². The molecule has 0 N–H and O–H groups in total. The molecule has 0 spiro atoms. The Morgan fingerprint density at radius 3 is 2.62 bits per heavy atom. The molecule has 106 valence electrons. The van der Waals surface area contributed by atoms with Crippen LogP contribution in [0.3, 0.4) is 0 Å². The molecule has 0 amide bonds. The minimum Gasteiger partial charge on any atom is -0.474 e. The standard InChI is InChI=1S/C15H11NOS4/c1-2-4-10(5-3-1)11-8-17-13(16-11)12-9-20-15(21-12)14-18-6-7-19-14/h1-7,9,11H,8H2/t11-/m1/s1. The molecule has 0 aliphatic carbocycles. The molecule has 0 bridgehead atoms. The van der Waals surface area contributed by atoms with Crippen molar-refractivity contribution in [1.82, 2.24) is 0 Å². The van der Waals surface area contributed by atoms with E-state index in [0.29, 0.717) is 6.61 Å². The third kappa shape index (κ3) is 2.95. The summed E-state index contributed by atoms with van der Waals surface area (Å²) < 4.78 is 8.50. The lowest BCUT2D eigenvalue weighted by Gasteiger charge is -2.03. The topological polar surface area (TPSA) is 21.6 Å². The van der Waals surface area contributed by atoms with E-state index in [0.717, 1.165) is 10.8 Å². The van der Waals surface area contributed by atoms with E-state index in [4.69, 9.17) is 9.73 Å². The van der Waals surface area contributed by atoms with Crippen LogP contribution in [0.2, 0.25) is 0 Å². The summed E-state index contributed by atoms with van der Waals surface area (Å²) in [6.45, 7) is 0.638. The monoisotopic (exact) mass is 349 g/mol. The summed E-state index contributed by atoms with van der Waals surface area (Å²) in [6, 6.07) is 10.5. The van der Waals surface area contributed by atoms with Crippen molar-refractivity contribution in [2.45, 2.75) is 6.04 Å². The summed E-state index contributed by atoms with van der Waals surface area (Å²) in [6.07, 6.45) is 0. The Balaban J connectivity index is 1.50. The largest absolute Gasteiger partial charge is 0.474 e. The number of thioether (sulfide) groups is 4. The predicted molar refractivity (Wildman–Crippen MR) is 97.2 cm³/mol. The van der Waals surface area contributed by atoms with Gasteiger partial charge in [0, 0.05) is 0 Å². The highest BCUT2D eigenvalue weighted by molar-refractivity contribution is 8.33. The molecule has 3 aliphatic rings. The lowest BCUT2D eigenvalue weighted by molar-refractivity contribution is 0.320. The number of hydrogen-bond donors (Lipinski definition) is 0. The maximum absolute atomic E-state index is 5.81. The molecule has 1 atom stereocenters. The van der Waals surface area contributed by atoms with Crippen LogP contribution in [0, 0.1) is 0 Å². The zero-order valence-corrected chi connectivity index (χ0v) is 14.2. The summed E-state index contributed by atoms with van der Waals surface area (Å²) in [7, 11) is 0. The lowest BCUT2D eigenvalue weighted by atomic mass is 10.1. The maximum atomic E-state index is 5.81. The van der Waals surface area contributed by atoms with Crippen LogP contribution in [0.5, 0.6) is 0 Å². The summed E-state index contributed by atoms with van der Waals surface area (Å²) in [5.74, 6) is 0.790. The zero-order valence-electron chi connectivity index (χ0n) is 10.9. The van der Waals surface area contributed by atoms with Gasteiger partial charge in [-0.15, -0.1) is 0 Å². The van der Waals surface area contributed by atoms with Crippen molar-refractivity contribution < 1.29 is 4.74 Å². The molecule has 21 heavy (non-hydrogen) atoms. The Kier molecular flexibility index (Phi) is 4.12. The summed E-state index contributed by atoms with van der Waals surface area (Å²) >= 11 is 7.11. The average molecular weight is 350 g/mol. The number of rotatable bonds is 2. The zero-order chi connectivity index (χ0) is 14.1. The second-order valence-corrected chi connectivity index (χ2v) is 8.74. The number of benzene rings is 1. The highest BCUT2D eigenvalue weighted by atomic mass is 32.2. The Morgan fingerprint density at radius 1 is 1.00 bits per heavy atom. The first-order valence-electron chi connectivity index (χ1n) is 6.43. The fourth-order valence-corrected chi connectivity index (χ4v) is 6.49. The third-order valence-corrected chi connectivity index (χ3v) is 8.10. The average Bonchev–Trinajstić information content (AvgIpc) is 3.27. The van der Waals surface area contributed by atoms with Crippen LogP contribution in [0.1, 0.15) is 11.6 Å². The normalized spacial score (nSPS) is 24.3. The first-order chi connectivity index (χ1) is 10.4. The molecular formula is C15H11NOS4. The van der Waals surface area contributed by atoms with Crippen molar-refractivity contribution in [2.75, 3.05) is 6.61 Å². The van der Waals surface area contributed by atoms with Gasteiger partial charge in [-0.25, -0.2) is 4.99 Å². The van der Waals surface area contributed by atoms with Crippen molar-refractivity contribution in [2.24, 2.45) is 4.99 Å². The summed E-state index contributed by atoms with van der Waals surface area (Å²) in [5.41, 5.74) is 1.22. The van der Waals surface area contributed by atoms with Crippen LogP contribution in [-0.4, -0.2) is 12.5 Å². The van der Waals surface area contributed by atoms with Crippen LogP contribution in [-0.2, 0) is 4.74 Å². The summed E-state index contributed by atoms with van der Waals surface area (Å²) in [4.78, 5) is 5.87. The van der Waals surface area contributed by atoms with Gasteiger partial charge in [0.05, 0.1) is 13.4 Å². The van der Waals surface area contributed by atoms with Crippen molar-refractivity contribution in [1.29, 1.82) is 0 Å². The van der Waals surface area contributed by atoms with Crippen molar-refractivity contribution >= 4 is 52.9 Å². The SMILES string of the molecule is C1=CSC(=C2SC=C(C3=N[C@@H](c4ccccc4)CO3)S2)S1. The van der Waals surface area contributed by atoms with Gasteiger partial charge in [0.1, 0.15) is 12.6 Å². The van der Waals surface area contributed by atoms with Crippen molar-refractivity contribution in [3.8, 4) is 0 Å². The fourth-order valence-electron chi connectivity index (χ4n) is 2.10. The Hall–Kier alpha value is -0.690. The molecule has 0 aromatic heterocycles. The quantitative estimate of drug-likeness (QED) is 0.695. The van der Waals surface area contributed by atoms with Crippen LogP contribution in [0.4, 0.5) is 0 Å². The van der Waals surface area contributed by atoms with Crippen LogP contribution in [0.15, 0.2) is 64.9 Å². The molecule has 3 heterocycles. The van der Waals surface area contributed by atoms with Gasteiger partial charge in [-0.2, -0.15) is 0 Å². The second kappa shape index (κ2) is 6.20. The van der Waals surface area contributed by atoms with E-state index < -0.39 is 0 Å². The van der Waals surface area contributed by atoms with Gasteiger partial charge in [0.15, 0.2) is 0 Å². The van der Waals surface area contributed by atoms with Crippen molar-refractivity contribution in [3.05, 3.63) is 65.5 Å². The Morgan fingerprint density at radius 2 is 1.81 bits per heavy atom. The second-order valence-electron chi connectivity index (χ2n) is 4.46. The smallest absolute Gasteiger partial charge is 0.224 e. The molecule has 0 unspecified atom stereocenters. The summed E-state index contributed by atoms with van der Waals surface area (Å²) in [5, 5.41) is 6.40. The van der Waals surface area contributed by atoms with E-state index >= 15 is 0 Å². The number of ether oxygens (including phenoxy) is 1. The van der Waals surface area contributed by atoms with Gasteiger partial charge in [-0.05, 0) is 21.8 Å². The molecule has 3 aliphatic heterocycles. The molecule has 0 saturated carbocycles. The fraction of sp³-hybridized carbons (Fsp3) is 0.133. The highest BCUT2D eigenvalue weighted by Crippen LogP contribution is 2.53. The molecule has 4 rings (SSSR count).